The van der Waals surface area contributed by atoms with E-state index in [1.807, 2.05) is 0 Å². The average molecular weight is 357 g/mol. The van der Waals surface area contributed by atoms with Crippen LogP contribution >= 0.6 is 11.6 Å². The molecule has 2 N–H and O–H groups in total. The summed E-state index contributed by atoms with van der Waals surface area (Å²) in [5, 5.41) is 5.02. The van der Waals surface area contributed by atoms with Gasteiger partial charge in [0.25, 0.3) is 5.91 Å². The first-order chi connectivity index (χ1) is 11.2. The lowest BCUT2D eigenvalue weighted by atomic mass is 10.1. The van der Waals surface area contributed by atoms with Gasteiger partial charge in [0.2, 0.25) is 0 Å². The monoisotopic (exact) mass is 356 g/mol. The molecular formula is C16H21ClN2O5. The fourth-order valence-corrected chi connectivity index (χ4v) is 1.74. The zero-order valence-electron chi connectivity index (χ0n) is 14.0. The molecular weight excluding hydrogens is 336 g/mol. The molecule has 0 saturated carbocycles. The molecule has 3 amide bonds. The number of esters is 1. The molecule has 24 heavy (non-hydrogen) atoms. The largest absolute Gasteiger partial charge is 0.476 e. The van der Waals surface area contributed by atoms with E-state index in [-0.39, 0.29) is 0 Å². The van der Waals surface area contributed by atoms with Crippen LogP contribution in [0.1, 0.15) is 27.7 Å². The van der Waals surface area contributed by atoms with Gasteiger partial charge in [-0.2, -0.15) is 0 Å². The van der Waals surface area contributed by atoms with Crippen LogP contribution in [0.3, 0.4) is 0 Å². The summed E-state index contributed by atoms with van der Waals surface area (Å²) >= 11 is 5.79. The van der Waals surface area contributed by atoms with Crippen molar-refractivity contribution >= 4 is 29.5 Å². The molecule has 0 bridgehead atoms. The van der Waals surface area contributed by atoms with E-state index >= 15 is 0 Å². The number of nitrogens with one attached hydrogen (secondary N) is 2. The molecule has 0 fully saturated rings. The van der Waals surface area contributed by atoms with E-state index in [4.69, 9.17) is 21.1 Å². The molecule has 0 aromatic heterocycles. The molecule has 0 spiro atoms. The highest BCUT2D eigenvalue weighted by Crippen LogP contribution is 2.22. The van der Waals surface area contributed by atoms with E-state index in [0.29, 0.717) is 17.3 Å². The molecule has 132 valence electrons. The van der Waals surface area contributed by atoms with Crippen LogP contribution in [0.25, 0.3) is 0 Å². The lowest BCUT2D eigenvalue weighted by Crippen LogP contribution is -2.47. The number of imide groups is 1. The van der Waals surface area contributed by atoms with E-state index in [2.05, 4.69) is 10.6 Å². The number of halogens is 1. The van der Waals surface area contributed by atoms with E-state index < -0.39 is 29.6 Å². The Kier molecular flexibility index (Phi) is 7.03. The van der Waals surface area contributed by atoms with E-state index in [1.165, 1.54) is 20.8 Å². The van der Waals surface area contributed by atoms with Gasteiger partial charge in [-0.25, -0.2) is 9.59 Å². The quantitative estimate of drug-likeness (QED) is 0.762. The van der Waals surface area contributed by atoms with Crippen LogP contribution in [0.4, 0.5) is 4.79 Å². The molecule has 0 saturated heterocycles. The van der Waals surface area contributed by atoms with Crippen LogP contribution in [0.5, 0.6) is 5.75 Å². The number of hydrogen-bond donors (Lipinski definition) is 2. The van der Waals surface area contributed by atoms with Gasteiger partial charge in [0.1, 0.15) is 5.75 Å². The highest BCUT2D eigenvalue weighted by Gasteiger charge is 2.34. The second-order valence-electron chi connectivity index (χ2n) is 5.46. The van der Waals surface area contributed by atoms with Gasteiger partial charge in [-0.1, -0.05) is 11.6 Å². The summed E-state index contributed by atoms with van der Waals surface area (Å²) in [7, 11) is 0. The van der Waals surface area contributed by atoms with Gasteiger partial charge < -0.3 is 14.8 Å². The molecule has 0 radical (unpaired) electrons. The number of hydrogen-bond acceptors (Lipinski definition) is 5. The molecule has 0 aliphatic carbocycles. The van der Waals surface area contributed by atoms with Crippen LogP contribution in [0.15, 0.2) is 24.3 Å². The molecule has 0 aliphatic heterocycles. The molecule has 0 unspecified atom stereocenters. The van der Waals surface area contributed by atoms with Crippen LogP contribution in [-0.2, 0) is 14.3 Å². The normalized spacial score (nSPS) is 12.0. The Labute approximate surface area is 145 Å². The van der Waals surface area contributed by atoms with Crippen molar-refractivity contribution in [1.29, 1.82) is 0 Å². The van der Waals surface area contributed by atoms with Gasteiger partial charge >= 0.3 is 12.0 Å². The van der Waals surface area contributed by atoms with E-state index in [0.717, 1.165) is 0 Å². The minimum atomic E-state index is -1.33. The molecule has 0 heterocycles. The molecule has 1 aromatic carbocycles. The Hall–Kier alpha value is -2.28. The van der Waals surface area contributed by atoms with Crippen molar-refractivity contribution in [2.45, 2.75) is 39.4 Å². The highest BCUT2D eigenvalue weighted by atomic mass is 35.5. The maximum absolute atomic E-state index is 12.2. The summed E-state index contributed by atoms with van der Waals surface area (Å²) in [6.07, 6.45) is -1.15. The topological polar surface area (TPSA) is 93.7 Å². The van der Waals surface area contributed by atoms with Crippen LogP contribution in [0.2, 0.25) is 5.02 Å². The predicted octanol–water partition coefficient (Wildman–Crippen LogP) is 2.27. The third kappa shape index (κ3) is 6.08. The van der Waals surface area contributed by atoms with Crippen molar-refractivity contribution in [2.24, 2.45) is 0 Å². The minimum absolute atomic E-state index is 0.370. The van der Waals surface area contributed by atoms with Crippen molar-refractivity contribution in [2.75, 3.05) is 6.54 Å². The maximum Gasteiger partial charge on any atom is 0.350 e. The number of amides is 3. The number of benzene rings is 1. The van der Waals surface area contributed by atoms with Gasteiger partial charge in [-0.05, 0) is 52.0 Å². The smallest absolute Gasteiger partial charge is 0.350 e. The lowest BCUT2D eigenvalue weighted by molar-refractivity contribution is -0.167. The summed E-state index contributed by atoms with van der Waals surface area (Å²) < 4.78 is 10.6. The summed E-state index contributed by atoms with van der Waals surface area (Å²) in [6, 6.07) is 5.83. The van der Waals surface area contributed by atoms with Gasteiger partial charge in [0.05, 0.1) is 0 Å². The summed E-state index contributed by atoms with van der Waals surface area (Å²) in [6.45, 7) is 6.47. The number of ether oxygens (including phenoxy) is 2. The number of carbonyl (C=O) groups is 3. The number of urea groups is 1. The second-order valence-corrected chi connectivity index (χ2v) is 5.90. The molecule has 0 aliphatic rings. The lowest BCUT2D eigenvalue weighted by Gasteiger charge is -2.26. The minimum Gasteiger partial charge on any atom is -0.476 e. The second kappa shape index (κ2) is 8.54. The Morgan fingerprint density at radius 3 is 2.33 bits per heavy atom. The first-order valence-electron chi connectivity index (χ1n) is 7.40. The fraction of sp³-hybridized carbons (Fsp3) is 0.438. The van der Waals surface area contributed by atoms with Gasteiger partial charge in [-0.3, -0.25) is 10.1 Å². The maximum atomic E-state index is 12.2. The standard InChI is InChI=1S/C16H21ClN2O5/c1-5-18-15(22)19-13(20)10(2)23-14(21)16(3,4)24-12-8-6-11(17)7-9-12/h6-10H,5H2,1-4H3,(H2,18,19,20,22)/t10-/m0/s1. The first kappa shape index (κ1) is 19.8. The highest BCUT2D eigenvalue weighted by molar-refractivity contribution is 6.30. The van der Waals surface area contributed by atoms with Gasteiger partial charge in [0, 0.05) is 11.6 Å². The van der Waals surface area contributed by atoms with E-state index in [1.54, 1.807) is 31.2 Å². The Morgan fingerprint density at radius 1 is 1.21 bits per heavy atom. The summed E-state index contributed by atoms with van der Waals surface area (Å²) in [4.78, 5) is 35.3. The fourth-order valence-electron chi connectivity index (χ4n) is 1.61. The molecule has 1 atom stereocenters. The van der Waals surface area contributed by atoms with Crippen LogP contribution < -0.4 is 15.4 Å². The predicted molar refractivity (Wildman–Crippen MR) is 88.9 cm³/mol. The van der Waals surface area contributed by atoms with Crippen molar-refractivity contribution in [1.82, 2.24) is 10.6 Å². The molecule has 8 heteroatoms. The summed E-state index contributed by atoms with van der Waals surface area (Å²) in [5.41, 5.74) is -1.33. The Balaban J connectivity index is 2.62. The average Bonchev–Trinajstić information content (AvgIpc) is 2.49. The number of rotatable bonds is 6. The van der Waals surface area contributed by atoms with E-state index in [9.17, 15) is 14.4 Å². The Morgan fingerprint density at radius 2 is 1.79 bits per heavy atom. The van der Waals surface area contributed by atoms with Gasteiger partial charge in [0.15, 0.2) is 11.7 Å². The van der Waals surface area contributed by atoms with Crippen molar-refractivity contribution in [3.63, 3.8) is 0 Å². The summed E-state index contributed by atoms with van der Waals surface area (Å²) in [5.74, 6) is -1.03. The van der Waals surface area contributed by atoms with Crippen LogP contribution in [0, 0.1) is 0 Å². The third-order valence-corrected chi connectivity index (χ3v) is 3.16. The Bertz CT molecular complexity index is 601. The molecule has 7 nitrogen and oxygen atoms in total. The third-order valence-electron chi connectivity index (χ3n) is 2.91. The van der Waals surface area contributed by atoms with Crippen molar-refractivity contribution in [3.05, 3.63) is 29.3 Å². The van der Waals surface area contributed by atoms with Crippen LogP contribution in [-0.4, -0.2) is 36.2 Å². The van der Waals surface area contributed by atoms with Crippen molar-refractivity contribution in [3.8, 4) is 5.75 Å². The van der Waals surface area contributed by atoms with Gasteiger partial charge in [-0.15, -0.1) is 0 Å². The molecule has 1 rings (SSSR count). The van der Waals surface area contributed by atoms with Crippen molar-refractivity contribution < 1.29 is 23.9 Å². The number of carbonyl (C=O) groups excluding carboxylic acids is 3. The molecule has 1 aromatic rings. The zero-order chi connectivity index (χ0) is 18.3. The zero-order valence-corrected chi connectivity index (χ0v) is 14.8. The first-order valence-corrected chi connectivity index (χ1v) is 7.78. The SMILES string of the molecule is CCNC(=O)NC(=O)[C@H](C)OC(=O)C(C)(C)Oc1ccc(Cl)cc1.